The van der Waals surface area contributed by atoms with E-state index in [1.165, 1.54) is 9.87 Å². The molecule has 7 nitrogen and oxygen atoms in total. The van der Waals surface area contributed by atoms with E-state index in [0.717, 1.165) is 30.4 Å². The first-order chi connectivity index (χ1) is 14.8. The van der Waals surface area contributed by atoms with Crippen LogP contribution in [0, 0.1) is 0 Å². The van der Waals surface area contributed by atoms with Crippen LogP contribution in [0.4, 0.5) is 0 Å². The van der Waals surface area contributed by atoms with E-state index < -0.39 is 10.0 Å². The highest BCUT2D eigenvalue weighted by atomic mass is 32.2. The number of nitrogens with zero attached hydrogens (tertiary/aromatic N) is 3. The zero-order chi connectivity index (χ0) is 22.0. The van der Waals surface area contributed by atoms with Gasteiger partial charge in [-0.25, -0.2) is 8.42 Å². The van der Waals surface area contributed by atoms with E-state index in [9.17, 15) is 18.3 Å². The number of likely N-dealkylation sites (N-methyl/N-ethyl adjacent to an activating group) is 1. The third kappa shape index (κ3) is 4.92. The fourth-order valence-corrected chi connectivity index (χ4v) is 5.86. The van der Waals surface area contributed by atoms with Gasteiger partial charge in [0.15, 0.2) is 0 Å². The van der Waals surface area contributed by atoms with Crippen molar-refractivity contribution in [3.05, 3.63) is 59.2 Å². The summed E-state index contributed by atoms with van der Waals surface area (Å²) >= 11 is 0. The monoisotopic (exact) mass is 443 g/mol. The molecule has 0 bridgehead atoms. The highest BCUT2D eigenvalue weighted by Crippen LogP contribution is 2.26. The molecule has 0 atom stereocenters. The van der Waals surface area contributed by atoms with Crippen LogP contribution in [0.1, 0.15) is 23.1 Å². The van der Waals surface area contributed by atoms with E-state index in [-0.39, 0.29) is 18.2 Å². The van der Waals surface area contributed by atoms with Gasteiger partial charge < -0.3 is 10.0 Å². The molecule has 0 spiro atoms. The van der Waals surface area contributed by atoms with Gasteiger partial charge in [-0.3, -0.25) is 9.69 Å². The van der Waals surface area contributed by atoms with Crippen LogP contribution in [0.3, 0.4) is 0 Å². The standard InChI is InChI=1S/C23H29N3O4S/c1-24(16-18-4-2-7-21(27)14-18)17-23(28)25-10-12-26(13-11-25)31(29,30)22-9-8-19-5-3-6-20(19)15-22/h2,4,7-9,14-15,27H,3,5-6,10-13,16-17H2,1H3. The van der Waals surface area contributed by atoms with Crippen molar-refractivity contribution < 1.29 is 18.3 Å². The van der Waals surface area contributed by atoms with Gasteiger partial charge in [0, 0.05) is 32.7 Å². The molecule has 1 aliphatic heterocycles. The Balaban J connectivity index is 1.32. The molecule has 1 fully saturated rings. The molecular weight excluding hydrogens is 414 g/mol. The van der Waals surface area contributed by atoms with Crippen LogP contribution in [0.15, 0.2) is 47.4 Å². The SMILES string of the molecule is CN(CC(=O)N1CCN(S(=O)(=O)c2ccc3c(c2)CCC3)CC1)Cc1cccc(O)c1. The van der Waals surface area contributed by atoms with Crippen molar-refractivity contribution in [3.8, 4) is 5.75 Å². The number of phenols is 1. The molecular formula is C23H29N3O4S. The largest absolute Gasteiger partial charge is 0.508 e. The first kappa shape index (κ1) is 21.8. The Hall–Kier alpha value is -2.42. The van der Waals surface area contributed by atoms with E-state index in [2.05, 4.69) is 0 Å². The number of amides is 1. The van der Waals surface area contributed by atoms with Crippen molar-refractivity contribution in [1.29, 1.82) is 0 Å². The first-order valence-electron chi connectivity index (χ1n) is 10.7. The predicted octanol–water partition coefficient (Wildman–Crippen LogP) is 1.85. The predicted molar refractivity (Wildman–Crippen MR) is 118 cm³/mol. The van der Waals surface area contributed by atoms with Crippen LogP contribution in [0.5, 0.6) is 5.75 Å². The number of aromatic hydroxyl groups is 1. The van der Waals surface area contributed by atoms with Gasteiger partial charge in [0.25, 0.3) is 0 Å². The van der Waals surface area contributed by atoms with Crippen LogP contribution < -0.4 is 0 Å². The number of sulfonamides is 1. The molecule has 2 aromatic rings. The molecule has 1 amide bonds. The lowest BCUT2D eigenvalue weighted by Crippen LogP contribution is -2.52. The second kappa shape index (κ2) is 8.98. The van der Waals surface area contributed by atoms with Gasteiger partial charge in [-0.05, 0) is 67.3 Å². The number of carbonyl (C=O) groups excluding carboxylic acids is 1. The Bertz CT molecular complexity index is 1060. The summed E-state index contributed by atoms with van der Waals surface area (Å²) in [6, 6.07) is 12.5. The minimum atomic E-state index is -3.54. The Morgan fingerprint density at radius 3 is 2.52 bits per heavy atom. The van der Waals surface area contributed by atoms with Gasteiger partial charge in [0.2, 0.25) is 15.9 Å². The molecule has 0 unspecified atom stereocenters. The summed E-state index contributed by atoms with van der Waals surface area (Å²) < 4.78 is 27.6. The third-order valence-corrected chi connectivity index (χ3v) is 7.96. The summed E-state index contributed by atoms with van der Waals surface area (Å²) in [5.41, 5.74) is 3.33. The molecule has 0 saturated carbocycles. The molecule has 166 valence electrons. The van der Waals surface area contributed by atoms with E-state index in [1.807, 2.05) is 30.1 Å². The minimum Gasteiger partial charge on any atom is -0.508 e. The van der Waals surface area contributed by atoms with Crippen molar-refractivity contribution >= 4 is 15.9 Å². The van der Waals surface area contributed by atoms with Crippen LogP contribution in [-0.2, 0) is 34.2 Å². The average molecular weight is 444 g/mol. The molecule has 2 aromatic carbocycles. The quantitative estimate of drug-likeness (QED) is 0.737. The lowest BCUT2D eigenvalue weighted by molar-refractivity contribution is -0.133. The normalized spacial score (nSPS) is 17.2. The van der Waals surface area contributed by atoms with E-state index in [0.29, 0.717) is 37.6 Å². The summed E-state index contributed by atoms with van der Waals surface area (Å²) in [5.74, 6) is 0.190. The first-order valence-corrected chi connectivity index (χ1v) is 12.1. The molecule has 31 heavy (non-hydrogen) atoms. The number of carbonyl (C=O) groups is 1. The van der Waals surface area contributed by atoms with Gasteiger partial charge in [-0.1, -0.05) is 18.2 Å². The maximum Gasteiger partial charge on any atom is 0.243 e. The van der Waals surface area contributed by atoms with Crippen LogP contribution >= 0.6 is 0 Å². The number of benzene rings is 2. The molecule has 1 saturated heterocycles. The van der Waals surface area contributed by atoms with E-state index in [4.69, 9.17) is 0 Å². The van der Waals surface area contributed by atoms with E-state index >= 15 is 0 Å². The number of rotatable bonds is 6. The van der Waals surface area contributed by atoms with Crippen LogP contribution in [0.2, 0.25) is 0 Å². The topological polar surface area (TPSA) is 81.2 Å². The number of hydrogen-bond donors (Lipinski definition) is 1. The maximum absolute atomic E-state index is 13.1. The van der Waals surface area contributed by atoms with Gasteiger partial charge in [-0.2, -0.15) is 4.31 Å². The molecule has 2 aliphatic rings. The second-order valence-corrected chi connectivity index (χ2v) is 10.3. The van der Waals surface area contributed by atoms with Gasteiger partial charge >= 0.3 is 0 Å². The third-order valence-electron chi connectivity index (χ3n) is 6.07. The Morgan fingerprint density at radius 2 is 1.77 bits per heavy atom. The lowest BCUT2D eigenvalue weighted by atomic mass is 10.1. The molecule has 1 aliphatic carbocycles. The molecule has 1 N–H and O–H groups in total. The number of piperazine rings is 1. The molecule has 1 heterocycles. The van der Waals surface area contributed by atoms with Gasteiger partial charge in [-0.15, -0.1) is 0 Å². The van der Waals surface area contributed by atoms with Gasteiger partial charge in [0.1, 0.15) is 5.75 Å². The number of aryl methyl sites for hydroxylation is 2. The lowest BCUT2D eigenvalue weighted by Gasteiger charge is -2.35. The summed E-state index contributed by atoms with van der Waals surface area (Å²) in [6.45, 7) is 2.19. The Kier molecular flexibility index (Phi) is 6.31. The van der Waals surface area contributed by atoms with Crippen LogP contribution in [0.25, 0.3) is 0 Å². The van der Waals surface area contributed by atoms with Crippen molar-refractivity contribution in [2.75, 3.05) is 39.8 Å². The summed E-state index contributed by atoms with van der Waals surface area (Å²) in [6.07, 6.45) is 3.05. The zero-order valence-electron chi connectivity index (χ0n) is 17.8. The Morgan fingerprint density at radius 1 is 1.03 bits per heavy atom. The summed E-state index contributed by atoms with van der Waals surface area (Å²) in [5, 5.41) is 9.58. The Labute approximate surface area is 183 Å². The molecule has 0 radical (unpaired) electrons. The number of phenolic OH excluding ortho intramolecular Hbond substituents is 1. The van der Waals surface area contributed by atoms with Gasteiger partial charge in [0.05, 0.1) is 11.4 Å². The highest BCUT2D eigenvalue weighted by molar-refractivity contribution is 7.89. The number of hydrogen-bond acceptors (Lipinski definition) is 5. The summed E-state index contributed by atoms with van der Waals surface area (Å²) in [7, 11) is -1.68. The van der Waals surface area contributed by atoms with Crippen molar-refractivity contribution in [3.63, 3.8) is 0 Å². The van der Waals surface area contributed by atoms with Crippen molar-refractivity contribution in [2.45, 2.75) is 30.7 Å². The molecule has 4 rings (SSSR count). The smallest absolute Gasteiger partial charge is 0.243 e. The van der Waals surface area contributed by atoms with Crippen molar-refractivity contribution in [2.24, 2.45) is 0 Å². The maximum atomic E-state index is 13.1. The second-order valence-electron chi connectivity index (χ2n) is 8.41. The number of fused-ring (bicyclic) bond motifs is 1. The fraction of sp³-hybridized carbons (Fsp3) is 0.435. The average Bonchev–Trinajstić information content (AvgIpc) is 3.21. The van der Waals surface area contributed by atoms with Crippen LogP contribution in [-0.4, -0.2) is 73.3 Å². The molecule has 0 aromatic heterocycles. The minimum absolute atomic E-state index is 0.0165. The highest BCUT2D eigenvalue weighted by Gasteiger charge is 2.31. The molecule has 8 heteroatoms. The summed E-state index contributed by atoms with van der Waals surface area (Å²) in [4.78, 5) is 16.7. The van der Waals surface area contributed by atoms with E-state index in [1.54, 1.807) is 29.2 Å². The fourth-order valence-electron chi connectivity index (χ4n) is 4.39. The van der Waals surface area contributed by atoms with Crippen molar-refractivity contribution in [1.82, 2.24) is 14.1 Å². The zero-order valence-corrected chi connectivity index (χ0v) is 18.6.